The van der Waals surface area contributed by atoms with E-state index in [0.717, 1.165) is 35.6 Å². The van der Waals surface area contributed by atoms with Gasteiger partial charge in [-0.3, -0.25) is 0 Å². The minimum atomic E-state index is 0.442. The standard InChI is InChI=1S/C22H28O/c1-15(2)9-8-10-16(3)13-14-20-18(5)17(4)19-11-6-7-12-21(19)22(20)23/h6-7,9,11-13,23H,8,10,14H2,1-5H3/b16-13+. The van der Waals surface area contributed by atoms with Crippen molar-refractivity contribution in [2.45, 2.75) is 53.9 Å². The molecule has 2 rings (SSSR count). The zero-order valence-electron chi connectivity index (χ0n) is 15.0. The zero-order valence-corrected chi connectivity index (χ0v) is 15.0. The van der Waals surface area contributed by atoms with Gasteiger partial charge in [-0.1, -0.05) is 47.6 Å². The van der Waals surface area contributed by atoms with Crippen LogP contribution in [0.1, 0.15) is 50.3 Å². The summed E-state index contributed by atoms with van der Waals surface area (Å²) in [6.45, 7) is 10.7. The van der Waals surface area contributed by atoms with Crippen LogP contribution < -0.4 is 0 Å². The monoisotopic (exact) mass is 308 g/mol. The second-order valence-corrected chi connectivity index (χ2v) is 6.70. The summed E-state index contributed by atoms with van der Waals surface area (Å²) in [7, 11) is 0. The summed E-state index contributed by atoms with van der Waals surface area (Å²) in [5.41, 5.74) is 6.28. The van der Waals surface area contributed by atoms with E-state index < -0.39 is 0 Å². The largest absolute Gasteiger partial charge is 0.507 e. The first-order valence-corrected chi connectivity index (χ1v) is 8.40. The van der Waals surface area contributed by atoms with Gasteiger partial charge in [0.25, 0.3) is 0 Å². The van der Waals surface area contributed by atoms with Crippen molar-refractivity contribution in [1.82, 2.24) is 0 Å². The molecule has 1 N–H and O–H groups in total. The van der Waals surface area contributed by atoms with Crippen molar-refractivity contribution in [3.63, 3.8) is 0 Å². The highest BCUT2D eigenvalue weighted by atomic mass is 16.3. The van der Waals surface area contributed by atoms with E-state index in [4.69, 9.17) is 0 Å². The predicted octanol–water partition coefficient (Wildman–Crippen LogP) is 6.40. The molecule has 0 aromatic heterocycles. The van der Waals surface area contributed by atoms with E-state index in [1.165, 1.54) is 22.3 Å². The summed E-state index contributed by atoms with van der Waals surface area (Å²) < 4.78 is 0. The molecule has 0 fully saturated rings. The molecular weight excluding hydrogens is 280 g/mol. The maximum absolute atomic E-state index is 10.7. The number of benzene rings is 2. The lowest BCUT2D eigenvalue weighted by atomic mass is 9.92. The fourth-order valence-corrected chi connectivity index (χ4v) is 3.00. The van der Waals surface area contributed by atoms with E-state index >= 15 is 0 Å². The third-order valence-corrected chi connectivity index (χ3v) is 4.63. The summed E-state index contributed by atoms with van der Waals surface area (Å²) >= 11 is 0. The van der Waals surface area contributed by atoms with E-state index in [0.29, 0.717) is 5.75 Å². The number of phenolic OH excluding ortho intramolecular Hbond substituents is 1. The molecule has 0 radical (unpaired) electrons. The molecule has 0 bridgehead atoms. The van der Waals surface area contributed by atoms with Gasteiger partial charge >= 0.3 is 0 Å². The van der Waals surface area contributed by atoms with Gasteiger partial charge in [-0.2, -0.15) is 0 Å². The van der Waals surface area contributed by atoms with E-state index in [-0.39, 0.29) is 0 Å². The summed E-state index contributed by atoms with van der Waals surface area (Å²) in [6.07, 6.45) is 7.50. The number of aromatic hydroxyl groups is 1. The van der Waals surface area contributed by atoms with Gasteiger partial charge in [0.05, 0.1) is 0 Å². The van der Waals surface area contributed by atoms with Crippen LogP contribution in [0.15, 0.2) is 47.6 Å². The lowest BCUT2D eigenvalue weighted by Gasteiger charge is -2.14. The molecule has 0 aliphatic rings. The van der Waals surface area contributed by atoms with Crippen LogP contribution in [0.4, 0.5) is 0 Å². The van der Waals surface area contributed by atoms with Gasteiger partial charge in [-0.25, -0.2) is 0 Å². The maximum Gasteiger partial charge on any atom is 0.127 e. The fraction of sp³-hybridized carbons (Fsp3) is 0.364. The number of rotatable bonds is 5. The van der Waals surface area contributed by atoms with Crippen LogP contribution in [0.3, 0.4) is 0 Å². The van der Waals surface area contributed by atoms with E-state index in [1.54, 1.807) is 0 Å². The van der Waals surface area contributed by atoms with Crippen LogP contribution in [0.5, 0.6) is 5.75 Å². The molecule has 0 saturated carbocycles. The Balaban J connectivity index is 2.28. The van der Waals surface area contributed by atoms with Crippen LogP contribution in [-0.2, 0) is 6.42 Å². The topological polar surface area (TPSA) is 20.2 Å². The van der Waals surface area contributed by atoms with E-state index in [2.05, 4.69) is 52.8 Å². The molecule has 0 spiro atoms. The Kier molecular flexibility index (Phi) is 5.65. The number of hydrogen-bond donors (Lipinski definition) is 1. The number of phenols is 1. The second-order valence-electron chi connectivity index (χ2n) is 6.70. The van der Waals surface area contributed by atoms with Crippen LogP contribution in [0.25, 0.3) is 10.8 Å². The van der Waals surface area contributed by atoms with Crippen LogP contribution in [0, 0.1) is 13.8 Å². The van der Waals surface area contributed by atoms with Crippen molar-refractivity contribution in [2.24, 2.45) is 0 Å². The molecule has 2 aromatic rings. The van der Waals surface area contributed by atoms with Gasteiger partial charge in [-0.05, 0) is 70.4 Å². The Hall–Kier alpha value is -2.02. The van der Waals surface area contributed by atoms with Crippen molar-refractivity contribution in [2.75, 3.05) is 0 Å². The van der Waals surface area contributed by atoms with Gasteiger partial charge in [0.2, 0.25) is 0 Å². The van der Waals surface area contributed by atoms with Gasteiger partial charge in [-0.15, -0.1) is 0 Å². The third kappa shape index (κ3) is 4.04. The molecule has 0 unspecified atom stereocenters. The van der Waals surface area contributed by atoms with Gasteiger partial charge in [0, 0.05) is 10.9 Å². The summed E-state index contributed by atoms with van der Waals surface area (Å²) in [5.74, 6) is 0.442. The van der Waals surface area contributed by atoms with E-state index in [9.17, 15) is 5.11 Å². The third-order valence-electron chi connectivity index (χ3n) is 4.63. The Morgan fingerprint density at radius 1 is 0.957 bits per heavy atom. The molecule has 1 heteroatoms. The normalized spacial score (nSPS) is 11.8. The SMILES string of the molecule is CC(C)=CCC/C(C)=C/Cc1c(C)c(C)c2ccccc2c1O. The molecule has 122 valence electrons. The highest BCUT2D eigenvalue weighted by molar-refractivity contribution is 5.93. The first-order valence-electron chi connectivity index (χ1n) is 8.40. The molecular formula is C22H28O. The Morgan fingerprint density at radius 2 is 1.61 bits per heavy atom. The molecule has 23 heavy (non-hydrogen) atoms. The van der Waals surface area contributed by atoms with Gasteiger partial charge in [0.1, 0.15) is 5.75 Å². The highest BCUT2D eigenvalue weighted by Crippen LogP contribution is 2.35. The lowest BCUT2D eigenvalue weighted by molar-refractivity contribution is 0.475. The van der Waals surface area contributed by atoms with Gasteiger partial charge < -0.3 is 5.11 Å². The Morgan fingerprint density at radius 3 is 2.26 bits per heavy atom. The van der Waals surface area contributed by atoms with Crippen LogP contribution >= 0.6 is 0 Å². The average molecular weight is 308 g/mol. The van der Waals surface area contributed by atoms with Gasteiger partial charge in [0.15, 0.2) is 0 Å². The van der Waals surface area contributed by atoms with Crippen LogP contribution in [-0.4, -0.2) is 5.11 Å². The zero-order chi connectivity index (χ0) is 17.0. The van der Waals surface area contributed by atoms with Crippen molar-refractivity contribution >= 4 is 10.8 Å². The van der Waals surface area contributed by atoms with Crippen LogP contribution in [0.2, 0.25) is 0 Å². The smallest absolute Gasteiger partial charge is 0.127 e. The molecule has 1 nitrogen and oxygen atoms in total. The highest BCUT2D eigenvalue weighted by Gasteiger charge is 2.12. The minimum absolute atomic E-state index is 0.442. The van der Waals surface area contributed by atoms with Crippen molar-refractivity contribution in [3.05, 3.63) is 64.3 Å². The number of hydrogen-bond acceptors (Lipinski definition) is 1. The summed E-state index contributed by atoms with van der Waals surface area (Å²) in [4.78, 5) is 0. The van der Waals surface area contributed by atoms with Crippen molar-refractivity contribution in [1.29, 1.82) is 0 Å². The average Bonchev–Trinajstić information content (AvgIpc) is 2.52. The second kappa shape index (κ2) is 7.50. The summed E-state index contributed by atoms with van der Waals surface area (Å²) in [5, 5.41) is 12.8. The number of fused-ring (bicyclic) bond motifs is 1. The first kappa shape index (κ1) is 17.3. The molecule has 2 aromatic carbocycles. The van der Waals surface area contributed by atoms with E-state index in [1.807, 2.05) is 18.2 Å². The predicted molar refractivity (Wildman–Crippen MR) is 101 cm³/mol. The molecule has 0 heterocycles. The lowest BCUT2D eigenvalue weighted by Crippen LogP contribution is -1.95. The summed E-state index contributed by atoms with van der Waals surface area (Å²) in [6, 6.07) is 8.11. The molecule has 0 aliphatic carbocycles. The first-order chi connectivity index (χ1) is 10.9. The molecule has 0 saturated heterocycles. The van der Waals surface area contributed by atoms with Crippen molar-refractivity contribution in [3.8, 4) is 5.75 Å². The molecule has 0 aliphatic heterocycles. The quantitative estimate of drug-likeness (QED) is 0.634. The minimum Gasteiger partial charge on any atom is -0.507 e. The molecule has 0 atom stereocenters. The fourth-order valence-electron chi connectivity index (χ4n) is 3.00. The maximum atomic E-state index is 10.7. The Bertz CT molecular complexity index is 759. The van der Waals surface area contributed by atoms with Crippen molar-refractivity contribution < 1.29 is 5.11 Å². The number of allylic oxidation sites excluding steroid dienone is 4. The Labute approximate surface area is 140 Å². The number of aryl methyl sites for hydroxylation is 1. The molecule has 0 amide bonds.